The number of azide groups is 1. The lowest BCUT2D eigenvalue weighted by Gasteiger charge is -2.00. The van der Waals surface area contributed by atoms with Crippen LogP contribution < -0.4 is 0 Å². The highest BCUT2D eigenvalue weighted by Gasteiger charge is 2.16. The van der Waals surface area contributed by atoms with Crippen LogP contribution in [0.2, 0.25) is 0 Å². The molecule has 0 amide bonds. The normalized spacial score (nSPS) is 10.1. The smallest absolute Gasteiger partial charge is 0.145 e. The van der Waals surface area contributed by atoms with Crippen molar-refractivity contribution in [3.05, 3.63) is 45.8 Å². The number of nitriles is 1. The molecule has 1 aliphatic heterocycles. The van der Waals surface area contributed by atoms with Crippen LogP contribution in [0.15, 0.2) is 29.4 Å². The molecule has 0 aromatic rings. The number of hydrogen-bond donors (Lipinski definition) is 0. The van der Waals surface area contributed by atoms with Gasteiger partial charge in [0.1, 0.15) is 11.9 Å². The fraction of sp³-hybridized carbons (Fsp3) is 0.231. The molecule has 5 heteroatoms. The first kappa shape index (κ1) is 11.9. The van der Waals surface area contributed by atoms with Crippen LogP contribution in [0.1, 0.15) is 30.9 Å². The molecule has 1 aliphatic carbocycles. The van der Waals surface area contributed by atoms with Crippen LogP contribution in [0, 0.1) is 11.3 Å². The van der Waals surface area contributed by atoms with Crippen molar-refractivity contribution in [3.8, 4) is 17.3 Å². The van der Waals surface area contributed by atoms with Gasteiger partial charge >= 0.3 is 0 Å². The minimum Gasteiger partial charge on any atom is -0.245 e. The van der Waals surface area contributed by atoms with Crippen molar-refractivity contribution in [2.24, 2.45) is 5.11 Å². The number of hydrogen-bond acceptors (Lipinski definition) is 3. The third-order valence-electron chi connectivity index (χ3n) is 2.77. The van der Waals surface area contributed by atoms with Gasteiger partial charge in [0.05, 0.1) is 11.3 Å². The lowest BCUT2D eigenvalue weighted by molar-refractivity contribution is 0.868. The molecule has 0 spiro atoms. The van der Waals surface area contributed by atoms with Gasteiger partial charge < -0.3 is 0 Å². The molecule has 18 heavy (non-hydrogen) atoms. The molecule has 2 aliphatic rings. The maximum atomic E-state index is 9.12. The summed E-state index contributed by atoms with van der Waals surface area (Å²) in [5.41, 5.74) is 11.3. The number of rotatable bonds is 2. The summed E-state index contributed by atoms with van der Waals surface area (Å²) in [5, 5.41) is 12.6. The van der Waals surface area contributed by atoms with Gasteiger partial charge in [0, 0.05) is 10.5 Å². The molecule has 0 saturated carbocycles. The molecule has 0 fully saturated rings. The van der Waals surface area contributed by atoms with Crippen LogP contribution in [-0.2, 0) is 0 Å². The van der Waals surface area contributed by atoms with Crippen LogP contribution in [0.5, 0.6) is 0 Å². The second-order valence-corrected chi connectivity index (χ2v) is 4.24. The van der Waals surface area contributed by atoms with E-state index in [2.05, 4.69) is 28.9 Å². The van der Waals surface area contributed by atoms with Crippen molar-refractivity contribution in [1.82, 2.24) is 4.98 Å². The van der Waals surface area contributed by atoms with E-state index in [1.54, 1.807) is 0 Å². The molecule has 0 atom stereocenters. The van der Waals surface area contributed by atoms with Crippen LogP contribution in [0.25, 0.3) is 21.7 Å². The van der Waals surface area contributed by atoms with Gasteiger partial charge in [0.2, 0.25) is 0 Å². The Hall–Kier alpha value is -2.57. The van der Waals surface area contributed by atoms with Gasteiger partial charge in [-0.05, 0) is 28.2 Å². The Morgan fingerprint density at radius 3 is 2.83 bits per heavy atom. The van der Waals surface area contributed by atoms with Crippen molar-refractivity contribution >= 4 is 5.82 Å². The zero-order valence-electron chi connectivity index (χ0n) is 10.1. The first-order chi connectivity index (χ1) is 8.67. The highest BCUT2D eigenvalue weighted by molar-refractivity contribution is 5.77. The minimum absolute atomic E-state index is 0.149. The average Bonchev–Trinajstić information content (AvgIpc) is 2.53. The molecule has 88 valence electrons. The zero-order valence-corrected chi connectivity index (χ0v) is 10.1. The van der Waals surface area contributed by atoms with Gasteiger partial charge in [-0.2, -0.15) is 5.26 Å². The molecular formula is C13H11N5. The lowest BCUT2D eigenvalue weighted by atomic mass is 10.0. The number of fused-ring (bicyclic) bond motifs is 1. The van der Waals surface area contributed by atoms with Crippen molar-refractivity contribution in [2.45, 2.75) is 19.8 Å². The van der Waals surface area contributed by atoms with E-state index < -0.39 is 0 Å². The SMILES string of the molecule is CC(C)c1cccc2c(C#N)c(N=[N+]=[N-])nc-2c1. The van der Waals surface area contributed by atoms with Crippen molar-refractivity contribution < 1.29 is 0 Å². The minimum atomic E-state index is 0.149. The maximum absolute atomic E-state index is 9.12. The Kier molecular flexibility index (Phi) is 3.13. The third-order valence-corrected chi connectivity index (χ3v) is 2.77. The van der Waals surface area contributed by atoms with Gasteiger partial charge in [-0.25, -0.2) is 4.98 Å². The van der Waals surface area contributed by atoms with E-state index in [9.17, 15) is 0 Å². The summed E-state index contributed by atoms with van der Waals surface area (Å²) in [6.07, 6.45) is 0. The van der Waals surface area contributed by atoms with E-state index in [1.807, 2.05) is 30.3 Å². The van der Waals surface area contributed by atoms with Crippen LogP contribution in [-0.4, -0.2) is 4.98 Å². The van der Waals surface area contributed by atoms with Gasteiger partial charge in [-0.15, -0.1) is 0 Å². The summed E-state index contributed by atoms with van der Waals surface area (Å²) in [6, 6.07) is 9.68. The topological polar surface area (TPSA) is 85.4 Å². The average molecular weight is 237 g/mol. The predicted molar refractivity (Wildman–Crippen MR) is 68.5 cm³/mol. The molecule has 0 radical (unpaired) electrons. The molecule has 0 aromatic carbocycles. The molecule has 0 bridgehead atoms. The van der Waals surface area contributed by atoms with Gasteiger partial charge in [-0.1, -0.05) is 32.0 Å². The van der Waals surface area contributed by atoms with Crippen molar-refractivity contribution in [1.29, 1.82) is 5.26 Å². The summed E-state index contributed by atoms with van der Waals surface area (Å²) in [7, 11) is 0. The summed E-state index contributed by atoms with van der Waals surface area (Å²) < 4.78 is 0. The Morgan fingerprint density at radius 1 is 1.44 bits per heavy atom. The van der Waals surface area contributed by atoms with Gasteiger partial charge in [0.25, 0.3) is 0 Å². The highest BCUT2D eigenvalue weighted by Crippen LogP contribution is 2.33. The van der Waals surface area contributed by atoms with Gasteiger partial charge in [0.15, 0.2) is 0 Å². The molecule has 0 N–H and O–H groups in total. The molecule has 0 saturated heterocycles. The zero-order chi connectivity index (χ0) is 13.1. The number of aromatic nitrogens is 1. The molecule has 1 heterocycles. The second kappa shape index (κ2) is 4.74. The molecule has 0 unspecified atom stereocenters. The third kappa shape index (κ3) is 1.97. The van der Waals surface area contributed by atoms with Crippen molar-refractivity contribution in [2.75, 3.05) is 0 Å². The van der Waals surface area contributed by atoms with E-state index in [0.717, 1.165) is 5.56 Å². The monoisotopic (exact) mass is 237 g/mol. The van der Waals surface area contributed by atoms with E-state index in [4.69, 9.17) is 10.8 Å². The maximum Gasteiger partial charge on any atom is 0.145 e. The fourth-order valence-corrected chi connectivity index (χ4v) is 1.80. The summed E-state index contributed by atoms with van der Waals surface area (Å²) in [6.45, 7) is 4.17. The first-order valence-corrected chi connectivity index (χ1v) is 5.56. The standard InChI is InChI=1S/C13H11N5/c1-8(2)9-4-3-5-10-11(7-14)13(17-18-15)16-12(10)6-9/h3-6,8H,1-2H3. The largest absolute Gasteiger partial charge is 0.245 e. The summed E-state index contributed by atoms with van der Waals surface area (Å²) in [5.74, 6) is 0.515. The molecule has 5 nitrogen and oxygen atoms in total. The van der Waals surface area contributed by atoms with Crippen LogP contribution >= 0.6 is 0 Å². The summed E-state index contributed by atoms with van der Waals surface area (Å²) in [4.78, 5) is 6.91. The second-order valence-electron chi connectivity index (χ2n) is 4.24. The Morgan fingerprint density at radius 2 is 2.22 bits per heavy atom. The Balaban J connectivity index is 2.74. The number of nitrogens with zero attached hydrogens (tertiary/aromatic N) is 5. The summed E-state index contributed by atoms with van der Waals surface area (Å²) >= 11 is 0. The van der Waals surface area contributed by atoms with E-state index in [0.29, 0.717) is 22.7 Å². The molecular weight excluding hydrogens is 226 g/mol. The van der Waals surface area contributed by atoms with Crippen molar-refractivity contribution in [3.63, 3.8) is 0 Å². The highest BCUT2D eigenvalue weighted by atomic mass is 15.2. The van der Waals surface area contributed by atoms with E-state index in [-0.39, 0.29) is 5.82 Å². The van der Waals surface area contributed by atoms with E-state index in [1.165, 1.54) is 0 Å². The molecule has 2 rings (SSSR count). The quantitative estimate of drug-likeness (QED) is 0.446. The van der Waals surface area contributed by atoms with Crippen LogP contribution in [0.3, 0.4) is 0 Å². The van der Waals surface area contributed by atoms with Gasteiger partial charge in [-0.3, -0.25) is 0 Å². The Bertz CT molecular complexity index is 647. The Labute approximate surface area is 105 Å². The fourth-order valence-electron chi connectivity index (χ4n) is 1.80. The molecule has 0 aromatic heterocycles. The predicted octanol–water partition coefficient (Wildman–Crippen LogP) is 4.12. The van der Waals surface area contributed by atoms with E-state index >= 15 is 0 Å². The first-order valence-electron chi connectivity index (χ1n) is 5.56. The lowest BCUT2D eigenvalue weighted by Crippen LogP contribution is -1.83. The van der Waals surface area contributed by atoms with Crippen LogP contribution in [0.4, 0.5) is 5.82 Å².